The summed E-state index contributed by atoms with van der Waals surface area (Å²) in [5, 5.41) is 0. The SMILES string of the molecule is CN1C(=O)C(C)(C)[C@@](C)(c2cc(Cc3ccc(F)cc3F)ccc2F)N=C1N. The fourth-order valence-electron chi connectivity index (χ4n) is 3.51. The van der Waals surface area contributed by atoms with E-state index in [1.165, 1.54) is 36.2 Å². The van der Waals surface area contributed by atoms with Crippen molar-refractivity contribution >= 4 is 11.9 Å². The first-order valence-corrected chi connectivity index (χ1v) is 8.83. The number of benzene rings is 2. The minimum Gasteiger partial charge on any atom is -0.369 e. The van der Waals surface area contributed by atoms with Gasteiger partial charge in [0.25, 0.3) is 0 Å². The molecule has 0 saturated heterocycles. The lowest BCUT2D eigenvalue weighted by molar-refractivity contribution is -0.140. The van der Waals surface area contributed by atoms with Crippen LogP contribution in [-0.4, -0.2) is 23.8 Å². The molecule has 28 heavy (non-hydrogen) atoms. The second-order valence-corrected chi connectivity index (χ2v) is 7.76. The summed E-state index contributed by atoms with van der Waals surface area (Å²) in [6.45, 7) is 5.03. The van der Waals surface area contributed by atoms with Crippen molar-refractivity contribution in [1.29, 1.82) is 0 Å². The molecule has 1 atom stereocenters. The van der Waals surface area contributed by atoms with Crippen LogP contribution >= 0.6 is 0 Å². The maximum Gasteiger partial charge on any atom is 0.237 e. The van der Waals surface area contributed by atoms with E-state index in [0.29, 0.717) is 5.56 Å². The van der Waals surface area contributed by atoms with E-state index in [9.17, 15) is 18.0 Å². The molecule has 0 saturated carbocycles. The zero-order valence-corrected chi connectivity index (χ0v) is 16.2. The van der Waals surface area contributed by atoms with Gasteiger partial charge >= 0.3 is 0 Å². The summed E-state index contributed by atoms with van der Waals surface area (Å²) >= 11 is 0. The Kier molecular flexibility index (Phi) is 4.73. The van der Waals surface area contributed by atoms with Crippen LogP contribution in [0.25, 0.3) is 0 Å². The zero-order chi connectivity index (χ0) is 20.9. The Morgan fingerprint density at radius 1 is 1.04 bits per heavy atom. The van der Waals surface area contributed by atoms with Gasteiger partial charge in [-0.3, -0.25) is 9.69 Å². The summed E-state index contributed by atoms with van der Waals surface area (Å²) in [4.78, 5) is 18.5. The largest absolute Gasteiger partial charge is 0.369 e. The molecule has 2 N–H and O–H groups in total. The van der Waals surface area contributed by atoms with E-state index in [0.717, 1.165) is 6.07 Å². The summed E-state index contributed by atoms with van der Waals surface area (Å²) in [5.74, 6) is -2.15. The van der Waals surface area contributed by atoms with Crippen molar-refractivity contribution < 1.29 is 18.0 Å². The van der Waals surface area contributed by atoms with Crippen molar-refractivity contribution in [3.8, 4) is 0 Å². The van der Waals surface area contributed by atoms with Gasteiger partial charge in [0.05, 0.1) is 5.41 Å². The first-order valence-electron chi connectivity index (χ1n) is 8.83. The second-order valence-electron chi connectivity index (χ2n) is 7.76. The maximum atomic E-state index is 14.8. The molecule has 0 radical (unpaired) electrons. The van der Waals surface area contributed by atoms with Crippen molar-refractivity contribution in [2.24, 2.45) is 16.1 Å². The number of amides is 1. The van der Waals surface area contributed by atoms with Gasteiger partial charge in [0, 0.05) is 25.1 Å². The van der Waals surface area contributed by atoms with Gasteiger partial charge in [0.1, 0.15) is 23.0 Å². The predicted octanol–water partition coefficient (Wildman–Crippen LogP) is 3.72. The first-order chi connectivity index (χ1) is 13.0. The number of hydrogen-bond donors (Lipinski definition) is 1. The fraction of sp³-hybridized carbons (Fsp3) is 0.333. The van der Waals surface area contributed by atoms with Crippen molar-refractivity contribution in [3.63, 3.8) is 0 Å². The standard InChI is InChI=1S/C21H22F3N3O/c1-20(2)18(28)27(4)19(25)26-21(20,3)15-10-12(5-8-16(15)23)9-13-6-7-14(22)11-17(13)24/h5-8,10-11H,9H2,1-4H3,(H2,25,26)/t21-/m1/s1. The summed E-state index contributed by atoms with van der Waals surface area (Å²) in [5.41, 5.74) is 4.67. The number of nitrogens with zero attached hydrogens (tertiary/aromatic N) is 2. The molecule has 2 aromatic carbocycles. The van der Waals surface area contributed by atoms with Crippen molar-refractivity contribution in [1.82, 2.24) is 4.90 Å². The van der Waals surface area contributed by atoms with Crippen LogP contribution in [0.15, 0.2) is 41.4 Å². The van der Waals surface area contributed by atoms with Gasteiger partial charge in [0.2, 0.25) is 5.91 Å². The number of carbonyl (C=O) groups excluding carboxylic acids is 1. The average Bonchev–Trinajstić information content (AvgIpc) is 2.62. The molecule has 3 rings (SSSR count). The van der Waals surface area contributed by atoms with Crippen LogP contribution in [-0.2, 0) is 16.8 Å². The fourth-order valence-corrected chi connectivity index (χ4v) is 3.51. The topological polar surface area (TPSA) is 58.7 Å². The summed E-state index contributed by atoms with van der Waals surface area (Å²) in [7, 11) is 1.52. The van der Waals surface area contributed by atoms with Crippen molar-refractivity contribution in [3.05, 3.63) is 70.5 Å². The monoisotopic (exact) mass is 389 g/mol. The van der Waals surface area contributed by atoms with E-state index >= 15 is 0 Å². The third kappa shape index (κ3) is 3.04. The minimum absolute atomic E-state index is 0.00112. The Hall–Kier alpha value is -2.83. The quantitative estimate of drug-likeness (QED) is 0.870. The second kappa shape index (κ2) is 6.65. The Bertz CT molecular complexity index is 987. The van der Waals surface area contributed by atoms with Crippen molar-refractivity contribution in [2.45, 2.75) is 32.7 Å². The molecule has 2 aromatic rings. The molecular formula is C21H22F3N3O. The number of carbonyl (C=O) groups is 1. The summed E-state index contributed by atoms with van der Waals surface area (Å²) in [6, 6.07) is 7.70. The van der Waals surface area contributed by atoms with Crippen LogP contribution in [0.4, 0.5) is 13.2 Å². The van der Waals surface area contributed by atoms with Crippen LogP contribution in [0.5, 0.6) is 0 Å². The van der Waals surface area contributed by atoms with Crippen molar-refractivity contribution in [2.75, 3.05) is 7.05 Å². The predicted molar refractivity (Wildman–Crippen MR) is 101 cm³/mol. The van der Waals surface area contributed by atoms with Crippen LogP contribution in [0.1, 0.15) is 37.5 Å². The minimum atomic E-state index is -1.25. The number of nitrogens with two attached hydrogens (primary N) is 1. The van der Waals surface area contributed by atoms with E-state index in [4.69, 9.17) is 5.73 Å². The molecule has 1 aliphatic heterocycles. The van der Waals surface area contributed by atoms with E-state index < -0.39 is 28.4 Å². The number of hydrogen-bond acceptors (Lipinski definition) is 3. The van der Waals surface area contributed by atoms with Gasteiger partial charge in [0.15, 0.2) is 5.96 Å². The van der Waals surface area contributed by atoms with Crippen LogP contribution in [0.2, 0.25) is 0 Å². The lowest BCUT2D eigenvalue weighted by Gasteiger charge is -2.46. The normalized spacial score (nSPS) is 21.6. The molecular weight excluding hydrogens is 367 g/mol. The summed E-state index contributed by atoms with van der Waals surface area (Å²) < 4.78 is 42.0. The Morgan fingerprint density at radius 2 is 1.71 bits per heavy atom. The molecule has 0 spiro atoms. The third-order valence-corrected chi connectivity index (χ3v) is 5.70. The number of guanidine groups is 1. The molecule has 1 amide bonds. The van der Waals surface area contributed by atoms with Gasteiger partial charge in [-0.15, -0.1) is 0 Å². The lowest BCUT2D eigenvalue weighted by Crippen LogP contribution is -2.58. The van der Waals surface area contributed by atoms with Crippen LogP contribution in [0, 0.1) is 22.9 Å². The molecule has 1 aliphatic rings. The molecule has 0 unspecified atom stereocenters. The molecule has 1 heterocycles. The molecule has 0 aromatic heterocycles. The van der Waals surface area contributed by atoms with Gasteiger partial charge in [-0.2, -0.15) is 0 Å². The molecule has 0 fully saturated rings. The molecule has 0 aliphatic carbocycles. The first kappa shape index (κ1) is 19.9. The Balaban J connectivity index is 2.10. The Morgan fingerprint density at radius 3 is 2.36 bits per heavy atom. The zero-order valence-electron chi connectivity index (χ0n) is 16.2. The number of halogens is 3. The highest BCUT2D eigenvalue weighted by Crippen LogP contribution is 2.47. The van der Waals surface area contributed by atoms with E-state index in [2.05, 4.69) is 4.99 Å². The average molecular weight is 389 g/mol. The maximum absolute atomic E-state index is 14.8. The molecule has 4 nitrogen and oxygen atoms in total. The number of aliphatic imine (C=N–C) groups is 1. The number of rotatable bonds is 3. The van der Waals surface area contributed by atoms with Crippen LogP contribution < -0.4 is 5.73 Å². The highest BCUT2D eigenvalue weighted by atomic mass is 19.1. The highest BCUT2D eigenvalue weighted by molar-refractivity contribution is 6.01. The molecule has 148 valence electrons. The smallest absolute Gasteiger partial charge is 0.237 e. The molecule has 7 heteroatoms. The van der Waals surface area contributed by atoms with Gasteiger partial charge in [-0.1, -0.05) is 18.2 Å². The van der Waals surface area contributed by atoms with Gasteiger partial charge in [-0.25, -0.2) is 18.2 Å². The Labute approximate surface area is 161 Å². The van der Waals surface area contributed by atoms with E-state index in [1.54, 1.807) is 26.8 Å². The highest BCUT2D eigenvalue weighted by Gasteiger charge is 2.53. The lowest BCUT2D eigenvalue weighted by atomic mass is 9.67. The summed E-state index contributed by atoms with van der Waals surface area (Å²) in [6.07, 6.45) is 0.142. The molecule has 0 bridgehead atoms. The van der Waals surface area contributed by atoms with Gasteiger partial charge in [-0.05, 0) is 44.0 Å². The van der Waals surface area contributed by atoms with Gasteiger partial charge < -0.3 is 5.73 Å². The van der Waals surface area contributed by atoms with E-state index in [-0.39, 0.29) is 29.4 Å². The van der Waals surface area contributed by atoms with Crippen LogP contribution in [0.3, 0.4) is 0 Å². The van der Waals surface area contributed by atoms with E-state index in [1.807, 2.05) is 0 Å². The third-order valence-electron chi connectivity index (χ3n) is 5.70.